The molecule has 0 saturated heterocycles. The Labute approximate surface area is 78.9 Å². The van der Waals surface area contributed by atoms with Crippen LogP contribution in [0.3, 0.4) is 0 Å². The molecule has 72 valence electrons. The minimum Gasteiger partial charge on any atom is -0.481 e. The summed E-state index contributed by atoms with van der Waals surface area (Å²) in [5.74, 6) is 1.14. The molecule has 0 aromatic carbocycles. The summed E-state index contributed by atoms with van der Waals surface area (Å²) in [4.78, 5) is 4.05. The van der Waals surface area contributed by atoms with Crippen LogP contribution in [0.15, 0.2) is 18.3 Å². The average Bonchev–Trinajstić information content (AvgIpc) is 2.18. The Morgan fingerprint density at radius 2 is 2.38 bits per heavy atom. The summed E-state index contributed by atoms with van der Waals surface area (Å²) in [6.45, 7) is 2.87. The number of hydrogen-bond acceptors (Lipinski definition) is 3. The van der Waals surface area contributed by atoms with Gasteiger partial charge in [-0.1, -0.05) is 6.92 Å². The van der Waals surface area contributed by atoms with Gasteiger partial charge in [0.25, 0.3) is 0 Å². The van der Waals surface area contributed by atoms with E-state index in [9.17, 15) is 0 Å². The van der Waals surface area contributed by atoms with Crippen molar-refractivity contribution in [3.8, 4) is 5.88 Å². The van der Waals surface area contributed by atoms with Gasteiger partial charge in [0.15, 0.2) is 0 Å². The van der Waals surface area contributed by atoms with Crippen molar-refractivity contribution < 1.29 is 4.74 Å². The Bertz CT molecular complexity index is 263. The molecule has 0 bridgehead atoms. The summed E-state index contributed by atoms with van der Waals surface area (Å²) < 4.78 is 5.04. The lowest BCUT2D eigenvalue weighted by Crippen LogP contribution is -2.04. The highest BCUT2D eigenvalue weighted by Gasteiger charge is 2.05. The van der Waals surface area contributed by atoms with Crippen LogP contribution in [-0.4, -0.2) is 18.6 Å². The molecule has 1 aromatic heterocycles. The van der Waals surface area contributed by atoms with E-state index < -0.39 is 0 Å². The molecule has 1 atom stereocenters. The van der Waals surface area contributed by atoms with E-state index in [1.165, 1.54) is 5.56 Å². The van der Waals surface area contributed by atoms with Gasteiger partial charge in [0.1, 0.15) is 0 Å². The van der Waals surface area contributed by atoms with E-state index in [0.29, 0.717) is 18.3 Å². The monoisotopic (exact) mass is 180 g/mol. The summed E-state index contributed by atoms with van der Waals surface area (Å²) in [5.41, 5.74) is 6.72. The number of rotatable bonds is 4. The number of aromatic nitrogens is 1. The molecule has 3 nitrogen and oxygen atoms in total. The van der Waals surface area contributed by atoms with Crippen LogP contribution in [0.25, 0.3) is 0 Å². The molecule has 1 unspecified atom stereocenters. The van der Waals surface area contributed by atoms with Crippen molar-refractivity contribution in [1.29, 1.82) is 0 Å². The molecule has 0 spiro atoms. The second kappa shape index (κ2) is 4.82. The maximum atomic E-state index is 5.49. The van der Waals surface area contributed by atoms with Crippen molar-refractivity contribution in [2.24, 2.45) is 5.73 Å². The largest absolute Gasteiger partial charge is 0.481 e. The third-order valence-electron chi connectivity index (χ3n) is 2.14. The molecule has 0 radical (unpaired) electrons. The summed E-state index contributed by atoms with van der Waals surface area (Å²) in [6.07, 6.45) is 2.76. The van der Waals surface area contributed by atoms with Crippen LogP contribution in [-0.2, 0) is 0 Å². The molecule has 0 aliphatic heterocycles. The fraction of sp³-hybridized carbons (Fsp3) is 0.500. The predicted molar refractivity (Wildman–Crippen MR) is 52.9 cm³/mol. The maximum Gasteiger partial charge on any atom is 0.213 e. The predicted octanol–water partition coefficient (Wildman–Crippen LogP) is 1.54. The molecular weight excluding hydrogens is 164 g/mol. The van der Waals surface area contributed by atoms with Gasteiger partial charge in [0, 0.05) is 12.3 Å². The number of nitrogens with zero attached hydrogens (tertiary/aromatic N) is 1. The molecular formula is C10H16N2O. The standard InChI is InChI=1S/C10H16N2O/c1-8(3-5-11)9-4-6-12-10(7-9)13-2/h4,6-8H,3,5,11H2,1-2H3. The Balaban J connectivity index is 2.75. The Morgan fingerprint density at radius 3 is 3.00 bits per heavy atom. The van der Waals surface area contributed by atoms with Crippen molar-refractivity contribution in [3.05, 3.63) is 23.9 Å². The zero-order valence-corrected chi connectivity index (χ0v) is 8.16. The minimum atomic E-state index is 0.474. The van der Waals surface area contributed by atoms with Crippen molar-refractivity contribution in [1.82, 2.24) is 4.98 Å². The van der Waals surface area contributed by atoms with E-state index >= 15 is 0 Å². The van der Waals surface area contributed by atoms with Crippen LogP contribution < -0.4 is 10.5 Å². The fourth-order valence-corrected chi connectivity index (χ4v) is 1.26. The van der Waals surface area contributed by atoms with E-state index in [0.717, 1.165) is 6.42 Å². The smallest absolute Gasteiger partial charge is 0.213 e. The second-order valence-corrected chi connectivity index (χ2v) is 3.11. The van der Waals surface area contributed by atoms with Crippen molar-refractivity contribution >= 4 is 0 Å². The second-order valence-electron chi connectivity index (χ2n) is 3.11. The van der Waals surface area contributed by atoms with Crippen LogP contribution in [0.1, 0.15) is 24.8 Å². The minimum absolute atomic E-state index is 0.474. The third-order valence-corrected chi connectivity index (χ3v) is 2.14. The van der Waals surface area contributed by atoms with Gasteiger partial charge in [-0.05, 0) is 30.5 Å². The SMILES string of the molecule is COc1cc(C(C)CCN)ccn1. The number of ether oxygens (including phenoxy) is 1. The molecule has 0 fully saturated rings. The van der Waals surface area contributed by atoms with E-state index in [1.807, 2.05) is 12.1 Å². The molecule has 0 saturated carbocycles. The first-order chi connectivity index (χ1) is 6.27. The van der Waals surface area contributed by atoms with Crippen molar-refractivity contribution in [2.75, 3.05) is 13.7 Å². The molecule has 0 aliphatic carbocycles. The zero-order chi connectivity index (χ0) is 9.68. The fourth-order valence-electron chi connectivity index (χ4n) is 1.26. The average molecular weight is 180 g/mol. The Morgan fingerprint density at radius 1 is 1.62 bits per heavy atom. The first kappa shape index (κ1) is 9.99. The Kier molecular flexibility index (Phi) is 3.71. The van der Waals surface area contributed by atoms with E-state index in [1.54, 1.807) is 13.3 Å². The summed E-state index contributed by atoms with van der Waals surface area (Å²) in [7, 11) is 1.62. The van der Waals surface area contributed by atoms with Crippen molar-refractivity contribution in [3.63, 3.8) is 0 Å². The van der Waals surface area contributed by atoms with Crippen LogP contribution in [0.2, 0.25) is 0 Å². The molecule has 3 heteroatoms. The molecule has 1 rings (SSSR count). The number of pyridine rings is 1. The zero-order valence-electron chi connectivity index (χ0n) is 8.16. The third kappa shape index (κ3) is 2.70. The van der Waals surface area contributed by atoms with Gasteiger partial charge < -0.3 is 10.5 Å². The molecule has 2 N–H and O–H groups in total. The first-order valence-electron chi connectivity index (χ1n) is 4.48. The van der Waals surface area contributed by atoms with Gasteiger partial charge in [-0.2, -0.15) is 0 Å². The Hall–Kier alpha value is -1.09. The van der Waals surface area contributed by atoms with Crippen LogP contribution >= 0.6 is 0 Å². The molecule has 0 aliphatic rings. The van der Waals surface area contributed by atoms with Gasteiger partial charge in [-0.3, -0.25) is 0 Å². The van der Waals surface area contributed by atoms with Gasteiger partial charge >= 0.3 is 0 Å². The molecule has 1 aromatic rings. The highest BCUT2D eigenvalue weighted by Crippen LogP contribution is 2.20. The summed E-state index contributed by atoms with van der Waals surface area (Å²) in [5, 5.41) is 0. The van der Waals surface area contributed by atoms with E-state index in [-0.39, 0.29) is 0 Å². The lowest BCUT2D eigenvalue weighted by Gasteiger charge is -2.10. The quantitative estimate of drug-likeness (QED) is 0.764. The van der Waals surface area contributed by atoms with Crippen LogP contribution in [0, 0.1) is 0 Å². The van der Waals surface area contributed by atoms with Crippen LogP contribution in [0.5, 0.6) is 5.88 Å². The molecule has 0 amide bonds. The topological polar surface area (TPSA) is 48.1 Å². The van der Waals surface area contributed by atoms with Crippen LogP contribution in [0.4, 0.5) is 0 Å². The van der Waals surface area contributed by atoms with Gasteiger partial charge in [0.2, 0.25) is 5.88 Å². The summed E-state index contributed by atoms with van der Waals surface area (Å²) >= 11 is 0. The first-order valence-corrected chi connectivity index (χ1v) is 4.48. The van der Waals surface area contributed by atoms with Crippen molar-refractivity contribution in [2.45, 2.75) is 19.3 Å². The number of methoxy groups -OCH3 is 1. The number of hydrogen-bond donors (Lipinski definition) is 1. The summed E-state index contributed by atoms with van der Waals surface area (Å²) in [6, 6.07) is 3.96. The highest BCUT2D eigenvalue weighted by molar-refractivity contribution is 5.23. The highest BCUT2D eigenvalue weighted by atomic mass is 16.5. The van der Waals surface area contributed by atoms with E-state index in [2.05, 4.69) is 11.9 Å². The molecule has 1 heterocycles. The van der Waals surface area contributed by atoms with Gasteiger partial charge in [0.05, 0.1) is 7.11 Å². The van der Waals surface area contributed by atoms with Gasteiger partial charge in [-0.15, -0.1) is 0 Å². The maximum absolute atomic E-state index is 5.49. The lowest BCUT2D eigenvalue weighted by molar-refractivity contribution is 0.396. The normalized spacial score (nSPS) is 12.5. The van der Waals surface area contributed by atoms with E-state index in [4.69, 9.17) is 10.5 Å². The lowest BCUT2D eigenvalue weighted by atomic mass is 9.99. The van der Waals surface area contributed by atoms with Gasteiger partial charge in [-0.25, -0.2) is 4.98 Å². The number of nitrogens with two attached hydrogens (primary N) is 1. The molecule has 13 heavy (non-hydrogen) atoms.